The van der Waals surface area contributed by atoms with Crippen LogP contribution in [0.5, 0.6) is 0 Å². The quantitative estimate of drug-likeness (QED) is 0.0434. The van der Waals surface area contributed by atoms with Crippen LogP contribution in [0.4, 0.5) is 17.1 Å². The van der Waals surface area contributed by atoms with Gasteiger partial charge in [-0.15, -0.1) is 0 Å². The second-order valence-corrected chi connectivity index (χ2v) is 16.0. The van der Waals surface area contributed by atoms with Gasteiger partial charge in [-0.3, -0.25) is 27.8 Å². The Bertz CT molecular complexity index is 2570. The first kappa shape index (κ1) is 50.0. The first-order valence-corrected chi connectivity index (χ1v) is 18.9. The molecule has 0 heterocycles. The summed E-state index contributed by atoms with van der Waals surface area (Å²) in [4.78, 5) is 23.7. The van der Waals surface area contributed by atoms with Crippen molar-refractivity contribution in [3.05, 3.63) is 90.0 Å². The van der Waals surface area contributed by atoms with Gasteiger partial charge in [-0.1, -0.05) is 12.1 Å². The molecule has 5 rings (SSSR count). The standard InChI is InChI=1S/C28H21N3O14S4.4Na.4H/c29-20-6-18(27(32)30-23-10-14-1-3-21(46(34,35)36)8-16(14)12-25(23)48(40,41)42)5-19(7-20)28(33)31-24-11-15-2-4-22(47(37,38)39)9-17(15)13-26(24)49(43,44)45;;;;;;;;/h1-13H,29H2,(H,30,32)(H,31,33)(H,34,35,36)(H,37,38,39)(H,40,41,42)(H,43,44,45);;;;;;;;/q;4*+1;4*-1. The smallest absolute Gasteiger partial charge is 1.00 e. The van der Waals surface area contributed by atoms with Gasteiger partial charge in [-0.2, -0.15) is 33.7 Å². The molecule has 0 atom stereocenters. The molecule has 0 radical (unpaired) electrons. The van der Waals surface area contributed by atoms with Gasteiger partial charge in [0, 0.05) is 16.8 Å². The van der Waals surface area contributed by atoms with Crippen LogP contribution in [-0.2, 0) is 40.5 Å². The van der Waals surface area contributed by atoms with Crippen molar-refractivity contribution < 1.29 is 185 Å². The van der Waals surface area contributed by atoms with Crippen molar-refractivity contribution in [2.75, 3.05) is 16.4 Å². The van der Waals surface area contributed by atoms with Crippen LogP contribution in [-0.4, -0.2) is 63.7 Å². The van der Waals surface area contributed by atoms with E-state index in [0.717, 1.165) is 66.7 Å². The van der Waals surface area contributed by atoms with Gasteiger partial charge < -0.3 is 22.1 Å². The largest absolute Gasteiger partial charge is 1.00 e. The molecule has 8 N–H and O–H groups in total. The van der Waals surface area contributed by atoms with Crippen LogP contribution in [0.1, 0.15) is 26.4 Å². The second kappa shape index (κ2) is 18.5. The molecule has 0 spiro atoms. The number of rotatable bonds is 8. The van der Waals surface area contributed by atoms with Crippen LogP contribution in [0.25, 0.3) is 21.5 Å². The fraction of sp³-hybridized carbons (Fsp3) is 0. The number of nitrogens with two attached hydrogens (primary N) is 1. The summed E-state index contributed by atoms with van der Waals surface area (Å²) in [5.41, 5.74) is 4.18. The minimum absolute atomic E-state index is 0. The molecule has 5 aromatic rings. The third-order valence-corrected chi connectivity index (χ3v) is 10.4. The van der Waals surface area contributed by atoms with Crippen LogP contribution < -0.4 is 135 Å². The van der Waals surface area contributed by atoms with Crippen LogP contribution in [0.3, 0.4) is 0 Å². The zero-order valence-corrected chi connectivity index (χ0v) is 39.4. The summed E-state index contributed by atoms with van der Waals surface area (Å²) in [6.07, 6.45) is 0. The summed E-state index contributed by atoms with van der Waals surface area (Å²) in [5, 5.41) is 4.83. The van der Waals surface area contributed by atoms with E-state index in [2.05, 4.69) is 10.6 Å². The fourth-order valence-corrected chi connectivity index (χ4v) is 7.12. The van der Waals surface area contributed by atoms with E-state index >= 15 is 0 Å². The van der Waals surface area contributed by atoms with Gasteiger partial charge in [0.15, 0.2) is 0 Å². The molecule has 0 saturated carbocycles. The summed E-state index contributed by atoms with van der Waals surface area (Å²) in [6, 6.07) is 13.4. The first-order valence-electron chi connectivity index (χ1n) is 13.1. The minimum Gasteiger partial charge on any atom is -1.00 e. The summed E-state index contributed by atoms with van der Waals surface area (Å²) in [6.45, 7) is 0. The molecule has 53 heavy (non-hydrogen) atoms. The molecular weight excluding hydrogens is 823 g/mol. The van der Waals surface area contributed by atoms with Crippen LogP contribution >= 0.6 is 0 Å². The number of nitrogen functional groups attached to an aromatic ring is 1. The molecule has 0 aliphatic heterocycles. The van der Waals surface area contributed by atoms with Crippen molar-refractivity contribution in [1.29, 1.82) is 0 Å². The molecule has 17 nitrogen and oxygen atoms in total. The Balaban J connectivity index is -0.00000176. The molecule has 0 aliphatic rings. The number of amides is 2. The topological polar surface area (TPSA) is 302 Å². The maximum atomic E-state index is 13.3. The zero-order valence-electron chi connectivity index (χ0n) is 32.1. The SMILES string of the molecule is Nc1cc(C(=O)Nc2cc3ccc(S(=O)(=O)O)cc3cc2S(=O)(=O)O)cc(C(=O)Nc2cc3ccc(S(=O)(=O)O)cc3cc2S(=O)(=O)O)c1.[H-].[H-].[H-].[H-].[Na+].[Na+].[Na+].[Na+]. The average Bonchev–Trinajstić information content (AvgIpc) is 2.97. The van der Waals surface area contributed by atoms with Crippen molar-refractivity contribution in [1.82, 2.24) is 0 Å². The van der Waals surface area contributed by atoms with Gasteiger partial charge in [-0.25, -0.2) is 0 Å². The number of carbonyl (C=O) groups excluding carboxylic acids is 2. The number of nitrogens with one attached hydrogen (secondary N) is 2. The number of hydrogen-bond acceptors (Lipinski definition) is 11. The average molecular weight is 848 g/mol. The Labute approximate surface area is 397 Å². The minimum atomic E-state index is -5.03. The van der Waals surface area contributed by atoms with Gasteiger partial charge in [-0.05, 0) is 88.3 Å². The van der Waals surface area contributed by atoms with E-state index in [9.17, 15) is 61.5 Å². The monoisotopic (exact) mass is 847 g/mol. The van der Waals surface area contributed by atoms with Crippen LogP contribution in [0.15, 0.2) is 98.4 Å². The zero-order chi connectivity index (χ0) is 36.3. The van der Waals surface area contributed by atoms with Gasteiger partial charge in [0.1, 0.15) is 9.79 Å². The molecule has 25 heteroatoms. The van der Waals surface area contributed by atoms with Crippen molar-refractivity contribution in [3.8, 4) is 0 Å². The van der Waals surface area contributed by atoms with Crippen molar-refractivity contribution >= 4 is 90.9 Å². The Morgan fingerprint density at radius 1 is 0.472 bits per heavy atom. The van der Waals surface area contributed by atoms with Crippen LogP contribution in [0, 0.1) is 0 Å². The van der Waals surface area contributed by atoms with E-state index < -0.39 is 83.2 Å². The maximum absolute atomic E-state index is 13.3. The van der Waals surface area contributed by atoms with E-state index in [0.29, 0.717) is 0 Å². The molecule has 2 amide bonds. The molecule has 0 unspecified atom stereocenters. The van der Waals surface area contributed by atoms with Gasteiger partial charge >= 0.3 is 118 Å². The Morgan fingerprint density at radius 2 is 0.811 bits per heavy atom. The Hall–Kier alpha value is -1.000. The van der Waals surface area contributed by atoms with Gasteiger partial charge in [0.2, 0.25) is 0 Å². The predicted molar refractivity (Wildman–Crippen MR) is 178 cm³/mol. The van der Waals surface area contributed by atoms with E-state index in [-0.39, 0.29) is 162 Å². The second-order valence-electron chi connectivity index (χ2n) is 10.4. The molecule has 0 bridgehead atoms. The maximum Gasteiger partial charge on any atom is 1.00 e. The number of fused-ring (bicyclic) bond motifs is 2. The van der Waals surface area contributed by atoms with Crippen molar-refractivity contribution in [3.63, 3.8) is 0 Å². The van der Waals surface area contributed by atoms with E-state index in [1.165, 1.54) is 12.1 Å². The van der Waals surface area contributed by atoms with Gasteiger partial charge in [0.25, 0.3) is 52.3 Å². The van der Waals surface area contributed by atoms with Crippen molar-refractivity contribution in [2.45, 2.75) is 19.6 Å². The summed E-state index contributed by atoms with van der Waals surface area (Å²) in [7, 11) is -19.4. The molecule has 0 fully saturated rings. The van der Waals surface area contributed by atoms with Crippen LogP contribution in [0.2, 0.25) is 0 Å². The summed E-state index contributed by atoms with van der Waals surface area (Å²) in [5.74, 6) is -2.08. The molecular formula is C28H25N3Na4O14S4. The first-order chi connectivity index (χ1) is 22.5. The fourth-order valence-electron chi connectivity index (χ4n) is 4.76. The molecule has 264 valence electrons. The number of benzene rings is 5. The predicted octanol–water partition coefficient (Wildman–Crippen LogP) is -8.47. The van der Waals surface area contributed by atoms with E-state index in [4.69, 9.17) is 5.73 Å². The third-order valence-electron chi connectivity index (χ3n) is 6.95. The normalized spacial score (nSPS) is 11.6. The Kier molecular flexibility index (Phi) is 17.5. The Morgan fingerprint density at radius 3 is 1.11 bits per heavy atom. The molecule has 0 aromatic heterocycles. The third kappa shape index (κ3) is 12.0. The molecule has 5 aromatic carbocycles. The van der Waals surface area contributed by atoms with Gasteiger partial charge in [0.05, 0.1) is 21.2 Å². The van der Waals surface area contributed by atoms with Crippen molar-refractivity contribution in [2.24, 2.45) is 0 Å². The number of hydrogen-bond donors (Lipinski definition) is 7. The molecule has 0 saturated heterocycles. The number of anilines is 3. The summed E-state index contributed by atoms with van der Waals surface area (Å²) < 4.78 is 133. The number of carbonyl (C=O) groups is 2. The van der Waals surface area contributed by atoms with E-state index in [1.54, 1.807) is 0 Å². The summed E-state index contributed by atoms with van der Waals surface area (Å²) >= 11 is 0. The van der Waals surface area contributed by atoms with E-state index in [1.807, 2.05) is 0 Å². The molecule has 0 aliphatic carbocycles.